The van der Waals surface area contributed by atoms with Crippen molar-refractivity contribution in [2.24, 2.45) is 5.92 Å². The lowest BCUT2D eigenvalue weighted by molar-refractivity contribution is -0.149. The molecule has 3 N–H and O–H groups in total. The molecule has 0 saturated carbocycles. The van der Waals surface area contributed by atoms with Gasteiger partial charge in [0, 0.05) is 12.3 Å². The lowest BCUT2D eigenvalue weighted by atomic mass is 9.98. The summed E-state index contributed by atoms with van der Waals surface area (Å²) in [5, 5.41) is 8.48. The van der Waals surface area contributed by atoms with Crippen LogP contribution in [-0.4, -0.2) is 60.6 Å². The Bertz CT molecular complexity index is 1760. The van der Waals surface area contributed by atoms with E-state index >= 15 is 0 Å². The summed E-state index contributed by atoms with van der Waals surface area (Å²) in [6.07, 6.45) is 2.06. The van der Waals surface area contributed by atoms with Crippen molar-refractivity contribution in [2.45, 2.75) is 63.8 Å². The molecule has 9 nitrogen and oxygen atoms in total. The Kier molecular flexibility index (Phi) is 13.9. The maximum atomic E-state index is 13.9. The second kappa shape index (κ2) is 18.9. The van der Waals surface area contributed by atoms with Crippen molar-refractivity contribution in [1.82, 2.24) is 16.0 Å². The number of esters is 1. The molecule has 1 aliphatic rings. The molecule has 4 aromatic rings. The van der Waals surface area contributed by atoms with Gasteiger partial charge in [0.2, 0.25) is 11.8 Å². The van der Waals surface area contributed by atoms with Crippen LogP contribution in [0.4, 0.5) is 4.79 Å². The molecule has 10 heteroatoms. The van der Waals surface area contributed by atoms with Crippen molar-refractivity contribution in [2.75, 3.05) is 18.6 Å². The van der Waals surface area contributed by atoms with E-state index in [1.807, 2.05) is 117 Å². The minimum absolute atomic E-state index is 0.0356. The predicted octanol–water partition coefficient (Wildman–Crippen LogP) is 6.65. The van der Waals surface area contributed by atoms with Crippen molar-refractivity contribution in [3.63, 3.8) is 0 Å². The third-order valence-electron chi connectivity index (χ3n) is 9.01. The number of ether oxygens (including phenoxy) is 2. The maximum Gasteiger partial charge on any atom is 0.407 e. The van der Waals surface area contributed by atoms with Crippen molar-refractivity contribution >= 4 is 35.6 Å². The highest BCUT2D eigenvalue weighted by Gasteiger charge is 2.32. The first-order valence-corrected chi connectivity index (χ1v) is 19.1. The number of thioether (sulfide) groups is 1. The number of benzene rings is 4. The van der Waals surface area contributed by atoms with Crippen LogP contribution in [0.5, 0.6) is 0 Å². The number of hydrogen-bond acceptors (Lipinski definition) is 7. The Hall–Kier alpha value is -5.09. The molecule has 4 aromatic carbocycles. The SMILES string of the molecule is CSCC[C@H](NC(=O)OCC1c2ccccc2-c2ccccc21)C(=O)N[C@@H](CC(C)C)C(=O)N[C@@H](Cc1ccccc1)C(=O)OCc1ccccc1. The fraction of sp³-hybridized carbons (Fsp3) is 0.333. The van der Waals surface area contributed by atoms with E-state index < -0.39 is 42.0 Å². The van der Waals surface area contributed by atoms with Crippen LogP contribution in [0.15, 0.2) is 109 Å². The lowest BCUT2D eigenvalue weighted by Gasteiger charge is -2.26. The summed E-state index contributed by atoms with van der Waals surface area (Å²) in [5.41, 5.74) is 6.09. The van der Waals surface area contributed by atoms with E-state index in [1.165, 1.54) is 0 Å². The van der Waals surface area contributed by atoms with Crippen LogP contribution >= 0.6 is 11.8 Å². The van der Waals surface area contributed by atoms with Gasteiger partial charge in [-0.05, 0) is 64.1 Å². The zero-order valence-corrected chi connectivity index (χ0v) is 30.7. The summed E-state index contributed by atoms with van der Waals surface area (Å²) in [7, 11) is 0. The fourth-order valence-electron chi connectivity index (χ4n) is 6.41. The van der Waals surface area contributed by atoms with Gasteiger partial charge in [-0.25, -0.2) is 9.59 Å². The van der Waals surface area contributed by atoms with Gasteiger partial charge < -0.3 is 25.4 Å². The lowest BCUT2D eigenvalue weighted by Crippen LogP contribution is -2.56. The largest absolute Gasteiger partial charge is 0.459 e. The molecule has 0 aliphatic heterocycles. The Morgan fingerprint density at radius 2 is 1.19 bits per heavy atom. The van der Waals surface area contributed by atoms with Crippen LogP contribution in [0.1, 0.15) is 54.9 Å². The molecule has 52 heavy (non-hydrogen) atoms. The second-order valence-electron chi connectivity index (χ2n) is 13.3. The average Bonchev–Trinajstić information content (AvgIpc) is 3.48. The van der Waals surface area contributed by atoms with Gasteiger partial charge in [0.05, 0.1) is 0 Å². The highest BCUT2D eigenvalue weighted by molar-refractivity contribution is 7.98. The van der Waals surface area contributed by atoms with Crippen LogP contribution in [0.2, 0.25) is 0 Å². The van der Waals surface area contributed by atoms with Gasteiger partial charge in [0.15, 0.2) is 0 Å². The first kappa shape index (κ1) is 38.1. The van der Waals surface area contributed by atoms with E-state index in [9.17, 15) is 19.2 Å². The normalized spacial score (nSPS) is 13.6. The Balaban J connectivity index is 1.24. The summed E-state index contributed by atoms with van der Waals surface area (Å²) < 4.78 is 11.4. The smallest absolute Gasteiger partial charge is 0.407 e. The van der Waals surface area contributed by atoms with Gasteiger partial charge in [-0.1, -0.05) is 123 Å². The molecule has 0 radical (unpaired) electrons. The minimum atomic E-state index is -0.989. The number of carbonyl (C=O) groups is 4. The van der Waals surface area contributed by atoms with Crippen LogP contribution in [0.25, 0.3) is 11.1 Å². The van der Waals surface area contributed by atoms with E-state index in [0.717, 1.165) is 33.4 Å². The van der Waals surface area contributed by atoms with E-state index in [0.29, 0.717) is 18.6 Å². The predicted molar refractivity (Wildman–Crippen MR) is 205 cm³/mol. The molecule has 0 heterocycles. The van der Waals surface area contributed by atoms with Gasteiger partial charge in [-0.15, -0.1) is 0 Å². The van der Waals surface area contributed by atoms with Gasteiger partial charge in [0.1, 0.15) is 31.3 Å². The number of hydrogen-bond donors (Lipinski definition) is 3. The molecule has 3 amide bonds. The van der Waals surface area contributed by atoms with Crippen LogP contribution in [0.3, 0.4) is 0 Å². The summed E-state index contributed by atoms with van der Waals surface area (Å²) in [5.74, 6) is -1.09. The van der Waals surface area contributed by atoms with Crippen molar-refractivity contribution in [3.8, 4) is 11.1 Å². The number of alkyl carbamates (subject to hydrolysis) is 1. The third kappa shape index (κ3) is 10.5. The number of carbonyl (C=O) groups excluding carboxylic acids is 4. The summed E-state index contributed by atoms with van der Waals surface area (Å²) >= 11 is 1.54. The Labute approximate surface area is 310 Å². The molecular formula is C42H47N3O6S. The topological polar surface area (TPSA) is 123 Å². The summed E-state index contributed by atoms with van der Waals surface area (Å²) in [6.45, 7) is 4.06. The number of rotatable bonds is 17. The van der Waals surface area contributed by atoms with Crippen LogP contribution in [-0.2, 0) is 36.9 Å². The van der Waals surface area contributed by atoms with Crippen LogP contribution in [0, 0.1) is 5.92 Å². The molecule has 3 atom stereocenters. The van der Waals surface area contributed by atoms with E-state index in [4.69, 9.17) is 9.47 Å². The Morgan fingerprint density at radius 1 is 0.654 bits per heavy atom. The van der Waals surface area contributed by atoms with Crippen LogP contribution < -0.4 is 16.0 Å². The van der Waals surface area contributed by atoms with Gasteiger partial charge >= 0.3 is 12.1 Å². The molecule has 0 fully saturated rings. The molecule has 5 rings (SSSR count). The average molecular weight is 722 g/mol. The number of fused-ring (bicyclic) bond motifs is 3. The molecular weight excluding hydrogens is 675 g/mol. The fourth-order valence-corrected chi connectivity index (χ4v) is 6.88. The monoisotopic (exact) mass is 721 g/mol. The highest BCUT2D eigenvalue weighted by Crippen LogP contribution is 2.44. The van der Waals surface area contributed by atoms with Gasteiger partial charge in [0.25, 0.3) is 0 Å². The van der Waals surface area contributed by atoms with Crippen molar-refractivity contribution in [3.05, 3.63) is 131 Å². The first-order valence-electron chi connectivity index (χ1n) is 17.7. The second-order valence-corrected chi connectivity index (χ2v) is 14.3. The molecule has 1 aliphatic carbocycles. The Morgan fingerprint density at radius 3 is 1.79 bits per heavy atom. The molecule has 272 valence electrons. The van der Waals surface area contributed by atoms with E-state index in [-0.39, 0.29) is 31.5 Å². The standard InChI is InChI=1S/C42H47N3O6S/c1-28(2)24-37(40(47)44-38(25-29-14-6-4-7-15-29)41(48)50-26-30-16-8-5-9-17-30)43-39(46)36(22-23-52-3)45-42(49)51-27-35-33-20-12-10-18-31(33)32-19-11-13-21-34(32)35/h4-21,28,35-38H,22-27H2,1-3H3,(H,43,46)(H,44,47)(H,45,49)/t36-,37-,38-/m0/s1. The quantitative estimate of drug-likeness (QED) is 0.104. The van der Waals surface area contributed by atoms with Gasteiger partial charge in [-0.2, -0.15) is 11.8 Å². The first-order chi connectivity index (χ1) is 25.2. The zero-order chi connectivity index (χ0) is 36.9. The molecule has 0 unspecified atom stereocenters. The molecule has 0 spiro atoms. The molecule has 0 aromatic heterocycles. The molecule has 0 saturated heterocycles. The highest BCUT2D eigenvalue weighted by atomic mass is 32.2. The van der Waals surface area contributed by atoms with Crippen molar-refractivity contribution < 1.29 is 28.7 Å². The maximum absolute atomic E-state index is 13.9. The summed E-state index contributed by atoms with van der Waals surface area (Å²) in [6, 6.07) is 31.9. The minimum Gasteiger partial charge on any atom is -0.459 e. The van der Waals surface area contributed by atoms with E-state index in [1.54, 1.807) is 11.8 Å². The van der Waals surface area contributed by atoms with Gasteiger partial charge in [-0.3, -0.25) is 9.59 Å². The van der Waals surface area contributed by atoms with E-state index in [2.05, 4.69) is 28.1 Å². The summed E-state index contributed by atoms with van der Waals surface area (Å²) in [4.78, 5) is 54.2. The van der Waals surface area contributed by atoms with Crippen molar-refractivity contribution in [1.29, 1.82) is 0 Å². The zero-order valence-electron chi connectivity index (χ0n) is 29.9. The number of amides is 3. The number of nitrogens with one attached hydrogen (secondary N) is 3. The molecule has 0 bridgehead atoms. The third-order valence-corrected chi connectivity index (χ3v) is 9.65.